The number of rotatable bonds is 9. The maximum Gasteiger partial charge on any atom is 0.428 e. The minimum atomic E-state index is -4.70. The van der Waals surface area contributed by atoms with Crippen LogP contribution >= 0.6 is 0 Å². The Bertz CT molecular complexity index is 789. The van der Waals surface area contributed by atoms with E-state index in [2.05, 4.69) is 10.3 Å². The molecule has 0 aromatic rings. The van der Waals surface area contributed by atoms with Crippen LogP contribution in [-0.2, 0) is 19.2 Å². The molecule has 2 atom stereocenters. The first kappa shape index (κ1) is 28.4. The number of halogens is 3. The van der Waals surface area contributed by atoms with Crippen LogP contribution in [0.2, 0.25) is 0 Å². The van der Waals surface area contributed by atoms with Gasteiger partial charge in [0.05, 0.1) is 6.42 Å². The molecule has 1 rings (SSSR count). The van der Waals surface area contributed by atoms with Gasteiger partial charge in [0.15, 0.2) is 0 Å². The summed E-state index contributed by atoms with van der Waals surface area (Å²) in [5.41, 5.74) is -2.99. The molecule has 0 saturated carbocycles. The topological polar surface area (TPSA) is 119 Å². The summed E-state index contributed by atoms with van der Waals surface area (Å²) in [6.45, 7) is 7.34. The van der Waals surface area contributed by atoms with Crippen molar-refractivity contribution >= 4 is 29.4 Å². The van der Waals surface area contributed by atoms with Crippen molar-refractivity contribution in [1.29, 1.82) is 0 Å². The number of aliphatic imine (C=N–C) groups is 1. The highest BCUT2D eigenvalue weighted by molar-refractivity contribution is 5.97. The second kappa shape index (κ2) is 11.0. The Morgan fingerprint density at radius 2 is 1.64 bits per heavy atom. The van der Waals surface area contributed by atoms with Crippen LogP contribution in [0, 0.1) is 5.92 Å². The van der Waals surface area contributed by atoms with Crippen molar-refractivity contribution in [3.8, 4) is 0 Å². The normalized spacial score (nSPS) is 17.0. The molecule has 9 nitrogen and oxygen atoms in total. The zero-order valence-corrected chi connectivity index (χ0v) is 19.8. The van der Waals surface area contributed by atoms with Gasteiger partial charge in [0.25, 0.3) is 0 Å². The van der Waals surface area contributed by atoms with Gasteiger partial charge in [0.1, 0.15) is 23.3 Å². The molecule has 0 spiro atoms. The lowest BCUT2D eigenvalue weighted by Crippen LogP contribution is -2.58. The van der Waals surface area contributed by atoms with Crippen molar-refractivity contribution in [2.75, 3.05) is 20.1 Å². The zero-order valence-electron chi connectivity index (χ0n) is 19.8. The van der Waals surface area contributed by atoms with E-state index in [0.717, 1.165) is 24.7 Å². The molecular weight excluding hydrogens is 445 g/mol. The van der Waals surface area contributed by atoms with E-state index in [-0.39, 0.29) is 0 Å². The number of nitrogens with one attached hydrogen (secondary N) is 1. The number of carboxylic acids is 1. The summed E-state index contributed by atoms with van der Waals surface area (Å²) >= 11 is 0. The number of carboxylic acid groups (broad SMARTS) is 1. The fourth-order valence-corrected chi connectivity index (χ4v) is 3.80. The van der Waals surface area contributed by atoms with Crippen LogP contribution in [0.15, 0.2) is 4.99 Å². The van der Waals surface area contributed by atoms with E-state index < -0.39 is 65.5 Å². The van der Waals surface area contributed by atoms with Gasteiger partial charge in [0, 0.05) is 20.1 Å². The molecule has 1 heterocycles. The molecule has 3 amide bonds. The van der Waals surface area contributed by atoms with Crippen LogP contribution < -0.4 is 5.32 Å². The Morgan fingerprint density at radius 3 is 2.06 bits per heavy atom. The second-order valence-electron chi connectivity index (χ2n) is 9.05. The van der Waals surface area contributed by atoms with Crippen molar-refractivity contribution in [2.45, 2.75) is 77.7 Å². The number of aliphatic carboxylic acids is 1. The largest absolute Gasteiger partial charge is 0.481 e. The summed E-state index contributed by atoms with van der Waals surface area (Å²) in [7, 11) is 1.27. The zero-order chi connectivity index (χ0) is 25.7. The summed E-state index contributed by atoms with van der Waals surface area (Å²) < 4.78 is 38.7. The van der Waals surface area contributed by atoms with E-state index in [0.29, 0.717) is 13.1 Å². The van der Waals surface area contributed by atoms with E-state index in [1.165, 1.54) is 25.8 Å². The van der Waals surface area contributed by atoms with E-state index in [1.54, 1.807) is 13.8 Å². The van der Waals surface area contributed by atoms with Crippen LogP contribution in [0.1, 0.15) is 53.9 Å². The van der Waals surface area contributed by atoms with Crippen molar-refractivity contribution < 1.29 is 37.5 Å². The molecule has 188 valence electrons. The summed E-state index contributed by atoms with van der Waals surface area (Å²) in [5, 5.41) is 11.6. The number of carbonyl (C=O) groups excluding carboxylic acids is 3. The van der Waals surface area contributed by atoms with E-state index >= 15 is 0 Å². The fraction of sp³-hybridized carbons (Fsp3) is 0.762. The van der Waals surface area contributed by atoms with Crippen LogP contribution in [0.3, 0.4) is 0 Å². The van der Waals surface area contributed by atoms with Gasteiger partial charge in [-0.15, -0.1) is 0 Å². The summed E-state index contributed by atoms with van der Waals surface area (Å²) in [5.74, 6) is -3.90. The first-order valence-electron chi connectivity index (χ1n) is 10.7. The van der Waals surface area contributed by atoms with Gasteiger partial charge in [-0.3, -0.25) is 24.2 Å². The molecule has 1 fully saturated rings. The molecule has 1 aliphatic rings. The monoisotopic (exact) mass is 478 g/mol. The molecule has 2 N–H and O–H groups in total. The Morgan fingerprint density at radius 1 is 1.12 bits per heavy atom. The number of carbonyl (C=O) groups is 4. The molecule has 0 aromatic heterocycles. The van der Waals surface area contributed by atoms with Crippen LogP contribution in [0.25, 0.3) is 0 Å². The van der Waals surface area contributed by atoms with Gasteiger partial charge in [0.2, 0.25) is 17.7 Å². The van der Waals surface area contributed by atoms with Crippen molar-refractivity contribution in [2.24, 2.45) is 10.9 Å². The second-order valence-corrected chi connectivity index (χ2v) is 9.05. The predicted octanol–water partition coefficient (Wildman–Crippen LogP) is 1.85. The highest BCUT2D eigenvalue weighted by Crippen LogP contribution is 2.23. The van der Waals surface area contributed by atoms with Gasteiger partial charge in [-0.25, -0.2) is 0 Å². The van der Waals surface area contributed by atoms with Crippen molar-refractivity contribution in [3.63, 3.8) is 0 Å². The molecule has 0 aliphatic carbocycles. The summed E-state index contributed by atoms with van der Waals surface area (Å²) in [6, 6.07) is -2.49. The van der Waals surface area contributed by atoms with Crippen LogP contribution in [0.4, 0.5) is 13.2 Å². The third kappa shape index (κ3) is 7.71. The van der Waals surface area contributed by atoms with Gasteiger partial charge in [-0.1, -0.05) is 13.8 Å². The molecule has 0 radical (unpaired) electrons. The predicted molar refractivity (Wildman–Crippen MR) is 115 cm³/mol. The maximum absolute atomic E-state index is 13.1. The smallest absolute Gasteiger partial charge is 0.428 e. The van der Waals surface area contributed by atoms with Crippen molar-refractivity contribution in [3.05, 3.63) is 0 Å². The minimum absolute atomic E-state index is 0.460. The number of likely N-dealkylation sites (N-methyl/N-ethyl adjacent to an activating group) is 1. The van der Waals surface area contributed by atoms with Gasteiger partial charge in [-0.2, -0.15) is 13.2 Å². The van der Waals surface area contributed by atoms with E-state index in [9.17, 15) is 37.5 Å². The highest BCUT2D eigenvalue weighted by atomic mass is 19.4. The average Bonchev–Trinajstić information content (AvgIpc) is 3.19. The van der Waals surface area contributed by atoms with E-state index in [4.69, 9.17) is 0 Å². The number of alkyl halides is 3. The lowest BCUT2D eigenvalue weighted by molar-refractivity contribution is -0.147. The molecule has 12 heteroatoms. The first-order valence-corrected chi connectivity index (χ1v) is 10.7. The van der Waals surface area contributed by atoms with Gasteiger partial charge < -0.3 is 20.2 Å². The SMILES string of the molecule is CC(=NC(C)(C)C(=O)N(C)C(C(=O)N[C@@H](CC(=O)O)C(=O)N1CCCC1)C(C)C)C(F)(F)F. The van der Waals surface area contributed by atoms with E-state index in [1.807, 2.05) is 0 Å². The number of hydrogen-bond acceptors (Lipinski definition) is 5. The lowest BCUT2D eigenvalue weighted by atomic mass is 9.97. The van der Waals surface area contributed by atoms with Gasteiger partial charge >= 0.3 is 12.1 Å². The average molecular weight is 479 g/mol. The summed E-state index contributed by atoms with van der Waals surface area (Å²) in [4.78, 5) is 56.0. The minimum Gasteiger partial charge on any atom is -0.481 e. The maximum atomic E-state index is 13.1. The highest BCUT2D eigenvalue weighted by Gasteiger charge is 2.41. The number of amides is 3. The van der Waals surface area contributed by atoms with Crippen LogP contribution in [-0.4, -0.2) is 88.2 Å². The third-order valence-corrected chi connectivity index (χ3v) is 5.43. The Balaban J connectivity index is 3.13. The van der Waals surface area contributed by atoms with Gasteiger partial charge in [-0.05, 0) is 39.5 Å². The molecule has 1 aliphatic heterocycles. The Kier molecular flexibility index (Phi) is 9.43. The van der Waals surface area contributed by atoms with Crippen molar-refractivity contribution in [1.82, 2.24) is 15.1 Å². The number of hydrogen-bond donors (Lipinski definition) is 2. The summed E-state index contributed by atoms with van der Waals surface area (Å²) in [6.07, 6.45) is -3.79. The molecule has 1 unspecified atom stereocenters. The fourth-order valence-electron chi connectivity index (χ4n) is 3.80. The van der Waals surface area contributed by atoms with Crippen LogP contribution in [0.5, 0.6) is 0 Å². The number of nitrogens with zero attached hydrogens (tertiary/aromatic N) is 3. The quantitative estimate of drug-likeness (QED) is 0.490. The Labute approximate surface area is 191 Å². The Hall–Kier alpha value is -2.66. The molecular formula is C21H33F3N4O5. The molecule has 0 aromatic carbocycles. The number of likely N-dealkylation sites (tertiary alicyclic amines) is 1. The molecule has 0 bridgehead atoms. The standard InChI is InChI=1S/C21H33F3N4O5/c1-12(2)16(27(6)19(33)20(4,5)26-13(3)21(22,23)24)17(31)25-14(11-15(29)30)18(32)28-9-7-8-10-28/h12,14,16H,7-11H2,1-6H3,(H,25,31)(H,29,30)/t14-,16?/m0/s1. The molecule has 1 saturated heterocycles. The first-order chi connectivity index (χ1) is 15.0. The molecule has 33 heavy (non-hydrogen) atoms. The third-order valence-electron chi connectivity index (χ3n) is 5.43. The lowest BCUT2D eigenvalue weighted by Gasteiger charge is -2.35.